The third-order valence-electron chi connectivity index (χ3n) is 4.01. The van der Waals surface area contributed by atoms with Crippen LogP contribution in [0.5, 0.6) is 0 Å². The topological polar surface area (TPSA) is 55.1 Å². The minimum absolute atomic E-state index is 0.0460. The van der Waals surface area contributed by atoms with Crippen LogP contribution in [0.25, 0.3) is 0 Å². The van der Waals surface area contributed by atoms with E-state index in [9.17, 15) is 4.79 Å². The molecular weight excluding hydrogens is 304 g/mol. The molecule has 2 atom stereocenters. The molecule has 0 bridgehead atoms. The number of carbonyl (C=O) groups excluding carboxylic acids is 1. The Labute approximate surface area is 123 Å². The molecule has 2 rings (SSSR count). The SMILES string of the molecule is CCC1CCCCC1NC(=O)c1ccc(Br)cc1N. The molecule has 0 heterocycles. The van der Waals surface area contributed by atoms with E-state index in [1.54, 1.807) is 12.1 Å². The summed E-state index contributed by atoms with van der Waals surface area (Å²) in [5.41, 5.74) is 7.00. The van der Waals surface area contributed by atoms with Crippen LogP contribution in [-0.4, -0.2) is 11.9 Å². The number of benzene rings is 1. The van der Waals surface area contributed by atoms with Gasteiger partial charge in [-0.05, 0) is 37.0 Å². The second-order valence-electron chi connectivity index (χ2n) is 5.26. The summed E-state index contributed by atoms with van der Waals surface area (Å²) in [6.07, 6.45) is 5.92. The van der Waals surface area contributed by atoms with Crippen molar-refractivity contribution >= 4 is 27.5 Å². The van der Waals surface area contributed by atoms with Gasteiger partial charge in [-0.15, -0.1) is 0 Å². The zero-order valence-corrected chi connectivity index (χ0v) is 12.9. The van der Waals surface area contributed by atoms with Crippen molar-refractivity contribution in [2.24, 2.45) is 5.92 Å². The molecule has 0 saturated heterocycles. The summed E-state index contributed by atoms with van der Waals surface area (Å²) in [7, 11) is 0. The van der Waals surface area contributed by atoms with Crippen LogP contribution in [0.3, 0.4) is 0 Å². The number of nitrogens with one attached hydrogen (secondary N) is 1. The highest BCUT2D eigenvalue weighted by molar-refractivity contribution is 9.10. The second kappa shape index (κ2) is 6.42. The minimum atomic E-state index is -0.0460. The number of nitrogen functional groups attached to an aromatic ring is 1. The molecule has 1 aliphatic rings. The molecule has 104 valence electrons. The van der Waals surface area contributed by atoms with Crippen LogP contribution >= 0.6 is 15.9 Å². The molecular formula is C15H21BrN2O. The van der Waals surface area contributed by atoms with Crippen molar-refractivity contribution in [1.82, 2.24) is 5.32 Å². The van der Waals surface area contributed by atoms with E-state index in [1.807, 2.05) is 6.07 Å². The fourth-order valence-corrected chi connectivity index (χ4v) is 3.25. The molecule has 1 aromatic rings. The Balaban J connectivity index is 2.07. The lowest BCUT2D eigenvalue weighted by Crippen LogP contribution is -2.42. The summed E-state index contributed by atoms with van der Waals surface area (Å²) in [6.45, 7) is 2.20. The normalized spacial score (nSPS) is 23.1. The third kappa shape index (κ3) is 3.50. The van der Waals surface area contributed by atoms with Crippen LogP contribution in [0.4, 0.5) is 5.69 Å². The zero-order chi connectivity index (χ0) is 13.8. The zero-order valence-electron chi connectivity index (χ0n) is 11.3. The largest absolute Gasteiger partial charge is 0.398 e. The standard InChI is InChI=1S/C15H21BrN2O/c1-2-10-5-3-4-6-14(10)18-15(19)12-8-7-11(16)9-13(12)17/h7-10,14H,2-6,17H2,1H3,(H,18,19). The highest BCUT2D eigenvalue weighted by Gasteiger charge is 2.25. The summed E-state index contributed by atoms with van der Waals surface area (Å²) in [5, 5.41) is 3.16. The van der Waals surface area contributed by atoms with Gasteiger partial charge < -0.3 is 11.1 Å². The molecule has 4 heteroatoms. The van der Waals surface area contributed by atoms with Crippen LogP contribution in [0.15, 0.2) is 22.7 Å². The molecule has 0 radical (unpaired) electrons. The average Bonchev–Trinajstić information content (AvgIpc) is 2.39. The Morgan fingerprint density at radius 1 is 1.42 bits per heavy atom. The number of amides is 1. The number of carbonyl (C=O) groups is 1. The van der Waals surface area contributed by atoms with Crippen molar-refractivity contribution < 1.29 is 4.79 Å². The van der Waals surface area contributed by atoms with Crippen LogP contribution in [0.1, 0.15) is 49.4 Å². The Bertz CT molecular complexity index is 461. The molecule has 1 amide bonds. The van der Waals surface area contributed by atoms with Gasteiger partial charge in [0.2, 0.25) is 0 Å². The summed E-state index contributed by atoms with van der Waals surface area (Å²) in [6, 6.07) is 5.70. The third-order valence-corrected chi connectivity index (χ3v) is 4.50. The number of rotatable bonds is 3. The Kier molecular flexibility index (Phi) is 4.86. The first-order chi connectivity index (χ1) is 9.11. The van der Waals surface area contributed by atoms with Crippen molar-refractivity contribution in [3.63, 3.8) is 0 Å². The number of hydrogen-bond acceptors (Lipinski definition) is 2. The number of anilines is 1. The van der Waals surface area contributed by atoms with Crippen LogP contribution < -0.4 is 11.1 Å². The van der Waals surface area contributed by atoms with E-state index in [0.29, 0.717) is 23.2 Å². The van der Waals surface area contributed by atoms with Gasteiger partial charge in [0.05, 0.1) is 5.56 Å². The van der Waals surface area contributed by atoms with Crippen molar-refractivity contribution in [3.05, 3.63) is 28.2 Å². The highest BCUT2D eigenvalue weighted by Crippen LogP contribution is 2.27. The van der Waals surface area contributed by atoms with Gasteiger partial charge in [-0.2, -0.15) is 0 Å². The minimum Gasteiger partial charge on any atom is -0.398 e. The maximum absolute atomic E-state index is 12.3. The molecule has 0 aromatic heterocycles. The number of hydrogen-bond donors (Lipinski definition) is 2. The first-order valence-corrected chi connectivity index (χ1v) is 7.77. The number of nitrogens with two attached hydrogens (primary N) is 1. The predicted molar refractivity (Wildman–Crippen MR) is 82.1 cm³/mol. The van der Waals surface area contributed by atoms with Crippen molar-refractivity contribution in [1.29, 1.82) is 0 Å². The van der Waals surface area contributed by atoms with Gasteiger partial charge in [0.15, 0.2) is 0 Å². The molecule has 0 spiro atoms. The van der Waals surface area contributed by atoms with Crippen molar-refractivity contribution in [2.75, 3.05) is 5.73 Å². The summed E-state index contributed by atoms with van der Waals surface area (Å²) in [4.78, 5) is 12.3. The molecule has 0 aliphatic heterocycles. The van der Waals surface area contributed by atoms with E-state index >= 15 is 0 Å². The van der Waals surface area contributed by atoms with Crippen molar-refractivity contribution in [3.8, 4) is 0 Å². The van der Waals surface area contributed by atoms with Gasteiger partial charge in [0, 0.05) is 16.2 Å². The van der Waals surface area contributed by atoms with E-state index in [1.165, 1.54) is 19.3 Å². The van der Waals surface area contributed by atoms with Crippen molar-refractivity contribution in [2.45, 2.75) is 45.1 Å². The molecule has 19 heavy (non-hydrogen) atoms. The maximum Gasteiger partial charge on any atom is 0.253 e. The van der Waals surface area contributed by atoms with Gasteiger partial charge in [-0.1, -0.05) is 42.1 Å². The van der Waals surface area contributed by atoms with E-state index in [2.05, 4.69) is 28.2 Å². The quantitative estimate of drug-likeness (QED) is 0.832. The molecule has 1 fully saturated rings. The van der Waals surface area contributed by atoms with E-state index in [-0.39, 0.29) is 5.91 Å². The Morgan fingerprint density at radius 2 is 2.16 bits per heavy atom. The van der Waals surface area contributed by atoms with E-state index < -0.39 is 0 Å². The maximum atomic E-state index is 12.3. The summed E-state index contributed by atoms with van der Waals surface area (Å²) in [5.74, 6) is 0.560. The molecule has 1 aliphatic carbocycles. The first-order valence-electron chi connectivity index (χ1n) is 6.97. The monoisotopic (exact) mass is 324 g/mol. The van der Waals surface area contributed by atoms with Crippen LogP contribution in [-0.2, 0) is 0 Å². The van der Waals surface area contributed by atoms with Gasteiger partial charge in [-0.3, -0.25) is 4.79 Å². The van der Waals surface area contributed by atoms with E-state index in [0.717, 1.165) is 17.3 Å². The Morgan fingerprint density at radius 3 is 2.84 bits per heavy atom. The fraction of sp³-hybridized carbons (Fsp3) is 0.533. The molecule has 2 unspecified atom stereocenters. The summed E-state index contributed by atoms with van der Waals surface area (Å²) >= 11 is 3.35. The average molecular weight is 325 g/mol. The molecule has 3 nitrogen and oxygen atoms in total. The van der Waals surface area contributed by atoms with E-state index in [4.69, 9.17) is 5.73 Å². The van der Waals surface area contributed by atoms with Gasteiger partial charge in [0.25, 0.3) is 5.91 Å². The molecule has 1 saturated carbocycles. The fourth-order valence-electron chi connectivity index (χ4n) is 2.87. The number of halogens is 1. The Hall–Kier alpha value is -1.03. The lowest BCUT2D eigenvalue weighted by Gasteiger charge is -2.31. The predicted octanol–water partition coefficient (Wildman–Crippen LogP) is 3.73. The molecule has 3 N–H and O–H groups in total. The van der Waals surface area contributed by atoms with Crippen LogP contribution in [0, 0.1) is 5.92 Å². The van der Waals surface area contributed by atoms with Gasteiger partial charge >= 0.3 is 0 Å². The lowest BCUT2D eigenvalue weighted by molar-refractivity contribution is 0.0905. The lowest BCUT2D eigenvalue weighted by atomic mass is 9.83. The summed E-state index contributed by atoms with van der Waals surface area (Å²) < 4.78 is 0.894. The van der Waals surface area contributed by atoms with Gasteiger partial charge in [0.1, 0.15) is 0 Å². The first kappa shape index (κ1) is 14.4. The van der Waals surface area contributed by atoms with Gasteiger partial charge in [-0.25, -0.2) is 0 Å². The van der Waals surface area contributed by atoms with Crippen LogP contribution in [0.2, 0.25) is 0 Å². The second-order valence-corrected chi connectivity index (χ2v) is 6.18. The highest BCUT2D eigenvalue weighted by atomic mass is 79.9. The smallest absolute Gasteiger partial charge is 0.253 e. The molecule has 1 aromatic carbocycles.